The van der Waals surface area contributed by atoms with E-state index in [2.05, 4.69) is 4.90 Å². The SMILES string of the molecule is COCC(CN1C2CCC1COC2)C1CC1. The van der Waals surface area contributed by atoms with Gasteiger partial charge in [-0.3, -0.25) is 4.90 Å². The molecule has 0 spiro atoms. The lowest BCUT2D eigenvalue weighted by atomic mass is 10.0. The van der Waals surface area contributed by atoms with E-state index in [9.17, 15) is 0 Å². The molecule has 0 amide bonds. The summed E-state index contributed by atoms with van der Waals surface area (Å²) in [5, 5.41) is 0. The molecule has 2 aliphatic heterocycles. The summed E-state index contributed by atoms with van der Waals surface area (Å²) in [4.78, 5) is 2.71. The summed E-state index contributed by atoms with van der Waals surface area (Å²) >= 11 is 0. The van der Waals surface area contributed by atoms with Gasteiger partial charge in [0, 0.05) is 25.7 Å². The molecule has 1 aliphatic carbocycles. The fourth-order valence-electron chi connectivity index (χ4n) is 3.40. The van der Waals surface area contributed by atoms with Crippen LogP contribution < -0.4 is 0 Å². The van der Waals surface area contributed by atoms with Gasteiger partial charge in [0.25, 0.3) is 0 Å². The van der Waals surface area contributed by atoms with Gasteiger partial charge in [0.05, 0.1) is 19.8 Å². The van der Waals surface area contributed by atoms with Crippen molar-refractivity contribution in [3.8, 4) is 0 Å². The van der Waals surface area contributed by atoms with E-state index in [0.29, 0.717) is 12.1 Å². The van der Waals surface area contributed by atoms with E-state index in [1.807, 2.05) is 7.11 Å². The van der Waals surface area contributed by atoms with Crippen LogP contribution in [-0.2, 0) is 9.47 Å². The largest absolute Gasteiger partial charge is 0.384 e. The van der Waals surface area contributed by atoms with E-state index >= 15 is 0 Å². The Morgan fingerprint density at radius 2 is 1.88 bits per heavy atom. The van der Waals surface area contributed by atoms with Gasteiger partial charge in [-0.2, -0.15) is 0 Å². The zero-order valence-corrected chi connectivity index (χ0v) is 10.2. The highest BCUT2D eigenvalue weighted by Gasteiger charge is 2.41. The summed E-state index contributed by atoms with van der Waals surface area (Å²) < 4.78 is 11.0. The molecular weight excluding hydrogens is 202 g/mol. The molecule has 2 saturated heterocycles. The predicted octanol–water partition coefficient (Wildman–Crippen LogP) is 1.52. The van der Waals surface area contributed by atoms with Crippen LogP contribution in [0.3, 0.4) is 0 Å². The summed E-state index contributed by atoms with van der Waals surface area (Å²) in [5.41, 5.74) is 0. The van der Waals surface area contributed by atoms with E-state index in [1.165, 1.54) is 32.2 Å². The van der Waals surface area contributed by atoms with Crippen LogP contribution in [0.4, 0.5) is 0 Å². The van der Waals surface area contributed by atoms with E-state index in [-0.39, 0.29) is 0 Å². The first-order valence-electron chi connectivity index (χ1n) is 6.71. The molecule has 3 fully saturated rings. The van der Waals surface area contributed by atoms with Gasteiger partial charge in [-0.25, -0.2) is 0 Å². The molecule has 3 unspecified atom stereocenters. The smallest absolute Gasteiger partial charge is 0.0622 e. The van der Waals surface area contributed by atoms with Crippen molar-refractivity contribution in [1.29, 1.82) is 0 Å². The highest BCUT2D eigenvalue weighted by molar-refractivity contribution is 4.93. The van der Waals surface area contributed by atoms with Crippen LogP contribution in [0.1, 0.15) is 25.7 Å². The van der Waals surface area contributed by atoms with Gasteiger partial charge in [0.2, 0.25) is 0 Å². The molecule has 3 aliphatic rings. The number of rotatable bonds is 5. The average Bonchev–Trinajstić information content (AvgIpc) is 3.09. The topological polar surface area (TPSA) is 21.7 Å². The highest BCUT2D eigenvalue weighted by Crippen LogP contribution is 2.39. The molecule has 3 nitrogen and oxygen atoms in total. The zero-order valence-electron chi connectivity index (χ0n) is 10.2. The quantitative estimate of drug-likeness (QED) is 0.708. The van der Waals surface area contributed by atoms with Crippen LogP contribution in [0.5, 0.6) is 0 Å². The first-order chi connectivity index (χ1) is 7.88. The van der Waals surface area contributed by atoms with E-state index < -0.39 is 0 Å². The summed E-state index contributed by atoms with van der Waals surface area (Å²) in [6.45, 7) is 4.11. The van der Waals surface area contributed by atoms with E-state index in [4.69, 9.17) is 9.47 Å². The van der Waals surface area contributed by atoms with Gasteiger partial charge < -0.3 is 9.47 Å². The fraction of sp³-hybridized carbons (Fsp3) is 1.00. The molecule has 1 saturated carbocycles. The van der Waals surface area contributed by atoms with Crippen molar-refractivity contribution in [2.45, 2.75) is 37.8 Å². The highest BCUT2D eigenvalue weighted by atomic mass is 16.5. The molecule has 16 heavy (non-hydrogen) atoms. The zero-order chi connectivity index (χ0) is 11.0. The Hall–Kier alpha value is -0.120. The van der Waals surface area contributed by atoms with Crippen molar-refractivity contribution in [3.05, 3.63) is 0 Å². The lowest BCUT2D eigenvalue weighted by Gasteiger charge is -2.37. The molecule has 0 radical (unpaired) electrons. The van der Waals surface area contributed by atoms with Crippen molar-refractivity contribution >= 4 is 0 Å². The Balaban J connectivity index is 1.59. The molecule has 0 aromatic heterocycles. The lowest BCUT2D eigenvalue weighted by molar-refractivity contribution is -0.0286. The van der Waals surface area contributed by atoms with Crippen molar-refractivity contribution in [2.24, 2.45) is 11.8 Å². The van der Waals surface area contributed by atoms with Crippen molar-refractivity contribution < 1.29 is 9.47 Å². The molecule has 2 bridgehead atoms. The molecule has 3 rings (SSSR count). The normalized spacial score (nSPS) is 36.6. The third-order valence-corrected chi connectivity index (χ3v) is 4.51. The number of ether oxygens (including phenoxy) is 2. The minimum Gasteiger partial charge on any atom is -0.384 e. The Labute approximate surface area is 98.1 Å². The van der Waals surface area contributed by atoms with Gasteiger partial charge in [0.15, 0.2) is 0 Å². The maximum absolute atomic E-state index is 5.63. The number of fused-ring (bicyclic) bond motifs is 2. The number of nitrogens with zero attached hydrogens (tertiary/aromatic N) is 1. The second kappa shape index (κ2) is 4.63. The lowest BCUT2D eigenvalue weighted by Crippen LogP contribution is -2.48. The van der Waals surface area contributed by atoms with Crippen LogP contribution in [0, 0.1) is 11.8 Å². The van der Waals surface area contributed by atoms with Gasteiger partial charge >= 0.3 is 0 Å². The summed E-state index contributed by atoms with van der Waals surface area (Å²) in [5.74, 6) is 1.72. The molecule has 0 aromatic carbocycles. The Bertz CT molecular complexity index is 226. The van der Waals surface area contributed by atoms with Crippen molar-refractivity contribution in [1.82, 2.24) is 4.90 Å². The number of hydrogen-bond acceptors (Lipinski definition) is 3. The molecule has 0 aromatic rings. The first kappa shape index (κ1) is 11.0. The second-order valence-corrected chi connectivity index (χ2v) is 5.67. The standard InChI is InChI=1S/C13H23NO2/c1-15-7-11(10-2-3-10)6-14-12-4-5-13(14)9-16-8-12/h10-13H,2-9H2,1H3. The molecule has 3 heteroatoms. The Kier molecular flexibility index (Phi) is 3.18. The Morgan fingerprint density at radius 3 is 2.44 bits per heavy atom. The fourth-order valence-corrected chi connectivity index (χ4v) is 3.40. The van der Waals surface area contributed by atoms with Crippen LogP contribution in [0.2, 0.25) is 0 Å². The van der Waals surface area contributed by atoms with Crippen molar-refractivity contribution in [3.63, 3.8) is 0 Å². The number of hydrogen-bond donors (Lipinski definition) is 0. The Morgan fingerprint density at radius 1 is 1.19 bits per heavy atom. The maximum atomic E-state index is 5.63. The molecular formula is C13H23NO2. The summed E-state index contributed by atoms with van der Waals surface area (Å²) in [6.07, 6.45) is 5.53. The van der Waals surface area contributed by atoms with Crippen molar-refractivity contribution in [2.75, 3.05) is 33.5 Å². The van der Waals surface area contributed by atoms with Crippen LogP contribution >= 0.6 is 0 Å². The first-order valence-corrected chi connectivity index (χ1v) is 6.71. The third-order valence-electron chi connectivity index (χ3n) is 4.51. The molecule has 0 N–H and O–H groups in total. The average molecular weight is 225 g/mol. The van der Waals surface area contributed by atoms with E-state index in [0.717, 1.165) is 31.7 Å². The maximum Gasteiger partial charge on any atom is 0.0622 e. The minimum atomic E-state index is 0.705. The monoisotopic (exact) mass is 225 g/mol. The van der Waals surface area contributed by atoms with Gasteiger partial charge in [0.1, 0.15) is 0 Å². The van der Waals surface area contributed by atoms with Crippen LogP contribution in [0.25, 0.3) is 0 Å². The second-order valence-electron chi connectivity index (χ2n) is 5.67. The molecule has 3 atom stereocenters. The molecule has 2 heterocycles. The number of morpholine rings is 1. The summed E-state index contributed by atoms with van der Waals surface area (Å²) in [6, 6.07) is 1.41. The summed E-state index contributed by atoms with van der Waals surface area (Å²) in [7, 11) is 1.84. The minimum absolute atomic E-state index is 0.705. The van der Waals surface area contributed by atoms with Crippen LogP contribution in [0.15, 0.2) is 0 Å². The van der Waals surface area contributed by atoms with Gasteiger partial charge in [-0.15, -0.1) is 0 Å². The number of methoxy groups -OCH3 is 1. The van der Waals surface area contributed by atoms with Gasteiger partial charge in [-0.05, 0) is 37.5 Å². The van der Waals surface area contributed by atoms with Crippen LogP contribution in [-0.4, -0.2) is 50.5 Å². The molecule has 92 valence electrons. The van der Waals surface area contributed by atoms with E-state index in [1.54, 1.807) is 0 Å². The predicted molar refractivity (Wildman–Crippen MR) is 62.4 cm³/mol. The van der Waals surface area contributed by atoms with Gasteiger partial charge in [-0.1, -0.05) is 0 Å². The third kappa shape index (κ3) is 2.13.